The number of rotatable bonds is 9. The Kier molecular flexibility index (Phi) is 8.73. The molecule has 9 nitrogen and oxygen atoms in total. The molecule has 0 radical (unpaired) electrons. The Hall–Kier alpha value is -3.27. The Labute approximate surface area is 219 Å². The SMILES string of the molecule is CCS(=O)(=O)N(CC(=O)N(Cc1cccc(C)c1)[C@H](C)C(=O)NC(C)(C)C)c1ccc2c(c1)OCCO2. The molecular formula is C27H37N3O6S. The van der Waals surface area contributed by atoms with Crippen molar-refractivity contribution in [3.63, 3.8) is 0 Å². The molecule has 1 N–H and O–H groups in total. The van der Waals surface area contributed by atoms with Crippen molar-refractivity contribution in [2.45, 2.75) is 59.7 Å². The molecule has 0 bridgehead atoms. The number of amides is 2. The van der Waals surface area contributed by atoms with E-state index in [0.29, 0.717) is 30.4 Å². The third-order valence-corrected chi connectivity index (χ3v) is 7.64. The quantitative estimate of drug-likeness (QED) is 0.533. The minimum Gasteiger partial charge on any atom is -0.486 e. The molecule has 0 fully saturated rings. The number of nitrogens with one attached hydrogen (secondary N) is 1. The summed E-state index contributed by atoms with van der Waals surface area (Å²) >= 11 is 0. The van der Waals surface area contributed by atoms with Gasteiger partial charge in [-0.1, -0.05) is 29.8 Å². The summed E-state index contributed by atoms with van der Waals surface area (Å²) in [6, 6.07) is 11.6. The van der Waals surface area contributed by atoms with E-state index in [9.17, 15) is 18.0 Å². The van der Waals surface area contributed by atoms with Gasteiger partial charge in [-0.3, -0.25) is 13.9 Å². The monoisotopic (exact) mass is 531 g/mol. The van der Waals surface area contributed by atoms with Crippen LogP contribution < -0.4 is 19.1 Å². The van der Waals surface area contributed by atoms with E-state index in [0.717, 1.165) is 15.4 Å². The molecule has 37 heavy (non-hydrogen) atoms. The first-order valence-electron chi connectivity index (χ1n) is 12.4. The zero-order valence-electron chi connectivity index (χ0n) is 22.4. The van der Waals surface area contributed by atoms with Gasteiger partial charge in [0, 0.05) is 18.2 Å². The molecule has 0 unspecified atom stereocenters. The number of carbonyl (C=O) groups is 2. The van der Waals surface area contributed by atoms with Gasteiger partial charge in [0.25, 0.3) is 0 Å². The average Bonchev–Trinajstić information content (AvgIpc) is 2.84. The summed E-state index contributed by atoms with van der Waals surface area (Å²) in [6.45, 7) is 11.2. The largest absolute Gasteiger partial charge is 0.486 e. The topological polar surface area (TPSA) is 105 Å². The van der Waals surface area contributed by atoms with E-state index < -0.39 is 34.1 Å². The summed E-state index contributed by atoms with van der Waals surface area (Å²) in [7, 11) is -3.83. The Morgan fingerprint density at radius 1 is 1.05 bits per heavy atom. The fourth-order valence-electron chi connectivity index (χ4n) is 3.97. The van der Waals surface area contributed by atoms with E-state index in [1.807, 2.05) is 52.0 Å². The number of ether oxygens (including phenoxy) is 2. The highest BCUT2D eigenvalue weighted by Gasteiger charge is 2.32. The lowest BCUT2D eigenvalue weighted by molar-refractivity contribution is -0.140. The lowest BCUT2D eigenvalue weighted by atomic mass is 10.1. The van der Waals surface area contributed by atoms with E-state index in [-0.39, 0.29) is 18.2 Å². The molecule has 2 amide bonds. The van der Waals surface area contributed by atoms with Gasteiger partial charge in [-0.25, -0.2) is 8.42 Å². The van der Waals surface area contributed by atoms with Crippen LogP contribution in [-0.2, 0) is 26.2 Å². The van der Waals surface area contributed by atoms with Crippen LogP contribution in [0.1, 0.15) is 45.7 Å². The fraction of sp³-hybridized carbons (Fsp3) is 0.481. The van der Waals surface area contributed by atoms with Crippen molar-refractivity contribution in [3.05, 3.63) is 53.6 Å². The van der Waals surface area contributed by atoms with Gasteiger partial charge in [0.15, 0.2) is 11.5 Å². The van der Waals surface area contributed by atoms with Gasteiger partial charge in [0.05, 0.1) is 11.4 Å². The molecule has 0 aliphatic carbocycles. The summed E-state index contributed by atoms with van der Waals surface area (Å²) in [6.07, 6.45) is 0. The van der Waals surface area contributed by atoms with Gasteiger partial charge in [-0.15, -0.1) is 0 Å². The van der Waals surface area contributed by atoms with E-state index in [1.54, 1.807) is 25.1 Å². The van der Waals surface area contributed by atoms with Crippen LogP contribution in [0.5, 0.6) is 11.5 Å². The maximum Gasteiger partial charge on any atom is 0.244 e. The highest BCUT2D eigenvalue weighted by Crippen LogP contribution is 2.35. The van der Waals surface area contributed by atoms with Crippen LogP contribution in [-0.4, -0.2) is 62.2 Å². The molecule has 10 heteroatoms. The maximum absolute atomic E-state index is 13.8. The van der Waals surface area contributed by atoms with Crippen LogP contribution in [0.15, 0.2) is 42.5 Å². The third kappa shape index (κ3) is 7.38. The van der Waals surface area contributed by atoms with Crippen molar-refractivity contribution in [1.82, 2.24) is 10.2 Å². The minimum atomic E-state index is -3.83. The van der Waals surface area contributed by atoms with Crippen LogP contribution in [0.25, 0.3) is 0 Å². The van der Waals surface area contributed by atoms with Gasteiger partial charge in [-0.2, -0.15) is 0 Å². The molecule has 1 aliphatic rings. The highest BCUT2D eigenvalue weighted by molar-refractivity contribution is 7.92. The molecule has 0 spiro atoms. The molecule has 0 saturated heterocycles. The molecule has 0 aromatic heterocycles. The maximum atomic E-state index is 13.8. The summed E-state index contributed by atoms with van der Waals surface area (Å²) in [5.74, 6) is -0.0828. The van der Waals surface area contributed by atoms with Crippen LogP contribution in [0, 0.1) is 6.92 Å². The average molecular weight is 532 g/mol. The number of fused-ring (bicyclic) bond motifs is 1. The third-order valence-electron chi connectivity index (χ3n) is 5.89. The molecule has 1 atom stereocenters. The normalized spacial score (nSPS) is 14.0. The van der Waals surface area contributed by atoms with E-state index >= 15 is 0 Å². The first kappa shape index (κ1) is 28.3. The Morgan fingerprint density at radius 3 is 2.35 bits per heavy atom. The molecule has 0 saturated carbocycles. The molecule has 1 aliphatic heterocycles. The van der Waals surface area contributed by atoms with Crippen LogP contribution in [0.2, 0.25) is 0 Å². The molecule has 3 rings (SSSR count). The number of carbonyl (C=O) groups excluding carboxylic acids is 2. The number of sulfonamides is 1. The Balaban J connectivity index is 1.96. The Bertz CT molecular complexity index is 1240. The van der Waals surface area contributed by atoms with Gasteiger partial charge in [0.2, 0.25) is 21.8 Å². The van der Waals surface area contributed by atoms with Crippen LogP contribution >= 0.6 is 0 Å². The molecule has 1 heterocycles. The smallest absolute Gasteiger partial charge is 0.244 e. The van der Waals surface area contributed by atoms with Gasteiger partial charge >= 0.3 is 0 Å². The van der Waals surface area contributed by atoms with Crippen molar-refractivity contribution in [2.24, 2.45) is 0 Å². The van der Waals surface area contributed by atoms with Gasteiger partial charge in [0.1, 0.15) is 25.8 Å². The van der Waals surface area contributed by atoms with Crippen molar-refractivity contribution in [1.29, 1.82) is 0 Å². The molecular weight excluding hydrogens is 494 g/mol. The van der Waals surface area contributed by atoms with Crippen molar-refractivity contribution in [3.8, 4) is 11.5 Å². The minimum absolute atomic E-state index is 0.153. The lowest BCUT2D eigenvalue weighted by Crippen LogP contribution is -2.54. The van der Waals surface area contributed by atoms with Crippen molar-refractivity contribution in [2.75, 3.05) is 29.8 Å². The van der Waals surface area contributed by atoms with E-state index in [2.05, 4.69) is 5.32 Å². The summed E-state index contributed by atoms with van der Waals surface area (Å²) < 4.78 is 38.5. The second-order valence-corrected chi connectivity index (χ2v) is 12.3. The fourth-order valence-corrected chi connectivity index (χ4v) is 5.02. The zero-order valence-corrected chi connectivity index (χ0v) is 23.2. The van der Waals surface area contributed by atoms with Crippen molar-refractivity contribution < 1.29 is 27.5 Å². The number of benzene rings is 2. The first-order chi connectivity index (χ1) is 17.3. The number of aryl methyl sites for hydroxylation is 1. The second-order valence-electron chi connectivity index (χ2n) is 10.2. The van der Waals surface area contributed by atoms with Crippen molar-refractivity contribution >= 4 is 27.5 Å². The standard InChI is InChI=1S/C27H37N3O6S/c1-7-37(33,34)30(22-11-12-23-24(16-22)36-14-13-35-23)18-25(31)29(17-21-10-8-9-19(2)15-21)20(3)26(32)28-27(4,5)6/h8-12,15-16,20H,7,13-14,17-18H2,1-6H3,(H,28,32)/t20-/m1/s1. The number of hydrogen-bond acceptors (Lipinski definition) is 6. The lowest BCUT2D eigenvalue weighted by Gasteiger charge is -2.33. The number of anilines is 1. The van der Waals surface area contributed by atoms with Crippen LogP contribution in [0.4, 0.5) is 5.69 Å². The van der Waals surface area contributed by atoms with Gasteiger partial charge < -0.3 is 19.7 Å². The predicted octanol–water partition coefficient (Wildman–Crippen LogP) is 3.25. The Morgan fingerprint density at radius 2 is 1.73 bits per heavy atom. The highest BCUT2D eigenvalue weighted by atomic mass is 32.2. The molecule has 202 valence electrons. The zero-order chi connectivity index (χ0) is 27.4. The van der Waals surface area contributed by atoms with Crippen LogP contribution in [0.3, 0.4) is 0 Å². The summed E-state index contributed by atoms with van der Waals surface area (Å²) in [5.41, 5.74) is 1.66. The summed E-state index contributed by atoms with van der Waals surface area (Å²) in [5, 5.41) is 2.92. The number of nitrogens with zero attached hydrogens (tertiary/aromatic N) is 2. The summed E-state index contributed by atoms with van der Waals surface area (Å²) in [4.78, 5) is 28.2. The van der Waals surface area contributed by atoms with E-state index in [4.69, 9.17) is 9.47 Å². The van der Waals surface area contributed by atoms with Gasteiger partial charge in [-0.05, 0) is 59.2 Å². The first-order valence-corrected chi connectivity index (χ1v) is 14.0. The number of hydrogen-bond donors (Lipinski definition) is 1. The predicted molar refractivity (Wildman–Crippen MR) is 143 cm³/mol. The van der Waals surface area contributed by atoms with E-state index in [1.165, 1.54) is 11.8 Å². The molecule has 2 aromatic rings. The molecule has 2 aromatic carbocycles. The second kappa shape index (κ2) is 11.4.